The lowest BCUT2D eigenvalue weighted by molar-refractivity contribution is -0.161. The van der Waals surface area contributed by atoms with Crippen LogP contribution in [0.1, 0.15) is 258 Å². The number of aliphatic hydroxyl groups excluding tert-OH is 1. The van der Waals surface area contributed by atoms with Crippen molar-refractivity contribution in [2.24, 2.45) is 0 Å². The van der Waals surface area contributed by atoms with Crippen molar-refractivity contribution in [2.75, 3.05) is 13.2 Å². The maximum atomic E-state index is 12.3. The summed E-state index contributed by atoms with van der Waals surface area (Å²) in [5.41, 5.74) is 0. The molecule has 5 nitrogen and oxygen atoms in total. The van der Waals surface area contributed by atoms with Crippen LogP contribution in [0.4, 0.5) is 0 Å². The Morgan fingerprint density at radius 1 is 0.311 bits per heavy atom. The van der Waals surface area contributed by atoms with E-state index < -0.39 is 6.10 Å². The summed E-state index contributed by atoms with van der Waals surface area (Å²) >= 11 is 0. The maximum Gasteiger partial charge on any atom is 0.306 e. The van der Waals surface area contributed by atoms with Gasteiger partial charge in [-0.15, -0.1) is 0 Å². The zero-order valence-electron chi connectivity index (χ0n) is 47.8. The second-order valence-corrected chi connectivity index (χ2v) is 19.7. The van der Waals surface area contributed by atoms with Crippen LogP contribution in [0.25, 0.3) is 0 Å². The van der Waals surface area contributed by atoms with Crippen LogP contribution in [0.3, 0.4) is 0 Å². The van der Waals surface area contributed by atoms with Gasteiger partial charge in [0.2, 0.25) is 0 Å². The summed E-state index contributed by atoms with van der Waals surface area (Å²) < 4.78 is 10.7. The molecule has 418 valence electrons. The monoisotopic (exact) mass is 1020 g/mol. The molecule has 0 radical (unpaired) electrons. The number of carbonyl (C=O) groups excluding carboxylic acids is 2. The van der Waals surface area contributed by atoms with E-state index in [1.807, 2.05) is 0 Å². The van der Waals surface area contributed by atoms with Crippen LogP contribution in [0, 0.1) is 0 Å². The molecule has 0 saturated carbocycles. The van der Waals surface area contributed by atoms with Crippen molar-refractivity contribution in [3.8, 4) is 0 Å². The standard InChI is InChI=1S/C69H112O5/c1-3-5-7-9-11-13-15-17-19-21-23-25-27-29-31-32-33-34-35-36-38-40-42-44-46-48-50-52-54-56-58-60-62-64-69(72)74-67(65-70)66-73-68(71)63-61-59-57-55-53-51-49-47-45-43-41-39-37-30-28-26-24-22-20-18-16-14-12-10-8-6-4-2/h5-8,11-14,17-20,23-26,29,31,33-34,36,38,42,44,67,70H,3-4,9-10,15-16,21-22,27-28,30,32,35,37,39-41,43,45-66H2,1-2H3/b7-5-,8-6-,13-11-,14-12-,19-17-,20-18-,25-23-,26-24-,31-29-,34-33-,38-36-,44-42-. The highest BCUT2D eigenvalue weighted by Crippen LogP contribution is 2.15. The molecule has 0 aliphatic carbocycles. The van der Waals surface area contributed by atoms with E-state index in [0.717, 1.165) is 122 Å². The van der Waals surface area contributed by atoms with E-state index in [1.165, 1.54) is 109 Å². The fraction of sp³-hybridized carbons (Fsp3) is 0.623. The minimum Gasteiger partial charge on any atom is -0.462 e. The van der Waals surface area contributed by atoms with Crippen molar-refractivity contribution in [1.29, 1.82) is 0 Å². The summed E-state index contributed by atoms with van der Waals surface area (Å²) in [7, 11) is 0. The highest BCUT2D eigenvalue weighted by Gasteiger charge is 2.16. The van der Waals surface area contributed by atoms with Gasteiger partial charge in [-0.2, -0.15) is 0 Å². The summed E-state index contributed by atoms with van der Waals surface area (Å²) in [6.45, 7) is 3.91. The fourth-order valence-corrected chi connectivity index (χ4v) is 8.15. The van der Waals surface area contributed by atoms with Gasteiger partial charge in [-0.1, -0.05) is 275 Å². The van der Waals surface area contributed by atoms with Crippen LogP contribution in [0.2, 0.25) is 0 Å². The second-order valence-electron chi connectivity index (χ2n) is 19.7. The van der Waals surface area contributed by atoms with E-state index >= 15 is 0 Å². The van der Waals surface area contributed by atoms with Gasteiger partial charge in [0.1, 0.15) is 6.61 Å². The van der Waals surface area contributed by atoms with Gasteiger partial charge in [-0.05, 0) is 116 Å². The highest BCUT2D eigenvalue weighted by atomic mass is 16.6. The SMILES string of the molecule is CC/C=C\C/C=C\C/C=C\C/C=C\C/C=C\C/C=C\C/C=C\C/C=C\CCCCCCCCCCC(=O)OC(CO)COC(=O)CCCCCCCCCCCCCCCC/C=C\C/C=C\C/C=C\C/C=C\CC. The summed E-state index contributed by atoms with van der Waals surface area (Å²) in [6, 6.07) is 0. The first-order valence-electron chi connectivity index (χ1n) is 30.4. The number of ether oxygens (including phenoxy) is 2. The Kier molecular flexibility index (Phi) is 59.5. The predicted octanol–water partition coefficient (Wildman–Crippen LogP) is 21.0. The molecular weight excluding hydrogens is 909 g/mol. The molecule has 0 fully saturated rings. The molecule has 1 unspecified atom stereocenters. The molecule has 0 bridgehead atoms. The fourth-order valence-electron chi connectivity index (χ4n) is 8.15. The molecule has 0 rings (SSSR count). The van der Waals surface area contributed by atoms with Crippen LogP contribution in [0.5, 0.6) is 0 Å². The van der Waals surface area contributed by atoms with Gasteiger partial charge in [0.15, 0.2) is 6.10 Å². The Balaban J connectivity index is 3.56. The van der Waals surface area contributed by atoms with E-state index in [-0.39, 0.29) is 25.2 Å². The summed E-state index contributed by atoms with van der Waals surface area (Å²) in [5, 5.41) is 9.68. The zero-order valence-corrected chi connectivity index (χ0v) is 47.8. The van der Waals surface area contributed by atoms with Gasteiger partial charge in [-0.25, -0.2) is 0 Å². The predicted molar refractivity (Wildman–Crippen MR) is 324 cm³/mol. The molecule has 0 aromatic carbocycles. The van der Waals surface area contributed by atoms with E-state index in [0.29, 0.717) is 12.8 Å². The highest BCUT2D eigenvalue weighted by molar-refractivity contribution is 5.70. The largest absolute Gasteiger partial charge is 0.462 e. The minimum atomic E-state index is -0.788. The van der Waals surface area contributed by atoms with Crippen molar-refractivity contribution in [2.45, 2.75) is 264 Å². The van der Waals surface area contributed by atoms with Crippen molar-refractivity contribution in [1.82, 2.24) is 0 Å². The molecule has 1 N–H and O–H groups in total. The molecule has 5 heteroatoms. The first kappa shape index (κ1) is 69.8. The smallest absolute Gasteiger partial charge is 0.306 e. The molecule has 74 heavy (non-hydrogen) atoms. The lowest BCUT2D eigenvalue weighted by Crippen LogP contribution is -2.28. The lowest BCUT2D eigenvalue weighted by Gasteiger charge is -2.15. The third-order valence-corrected chi connectivity index (χ3v) is 12.6. The third kappa shape index (κ3) is 60.3. The Morgan fingerprint density at radius 2 is 0.541 bits per heavy atom. The molecule has 1 atom stereocenters. The first-order valence-corrected chi connectivity index (χ1v) is 30.4. The van der Waals surface area contributed by atoms with Crippen molar-refractivity contribution >= 4 is 11.9 Å². The quantitative estimate of drug-likeness (QED) is 0.0373. The van der Waals surface area contributed by atoms with E-state index in [9.17, 15) is 14.7 Å². The average molecular weight is 1020 g/mol. The number of unbranched alkanes of at least 4 members (excludes halogenated alkanes) is 22. The van der Waals surface area contributed by atoms with Gasteiger partial charge >= 0.3 is 11.9 Å². The average Bonchev–Trinajstić information content (AvgIpc) is 3.40. The molecule has 0 aliphatic rings. The number of hydrogen-bond acceptors (Lipinski definition) is 5. The van der Waals surface area contributed by atoms with Crippen molar-refractivity contribution in [3.05, 3.63) is 146 Å². The molecular formula is C69H112O5. The lowest BCUT2D eigenvalue weighted by atomic mass is 10.0. The topological polar surface area (TPSA) is 72.8 Å². The van der Waals surface area contributed by atoms with Crippen LogP contribution in [0.15, 0.2) is 146 Å². The Morgan fingerprint density at radius 3 is 0.811 bits per heavy atom. The maximum absolute atomic E-state index is 12.3. The zero-order chi connectivity index (χ0) is 53.4. The molecule has 0 heterocycles. The van der Waals surface area contributed by atoms with E-state index in [2.05, 4.69) is 160 Å². The molecule has 0 saturated heterocycles. The van der Waals surface area contributed by atoms with Gasteiger partial charge in [0, 0.05) is 12.8 Å². The van der Waals surface area contributed by atoms with Crippen LogP contribution in [-0.4, -0.2) is 36.4 Å². The molecule has 0 aromatic heterocycles. The number of hydrogen-bond donors (Lipinski definition) is 1. The van der Waals surface area contributed by atoms with Crippen molar-refractivity contribution < 1.29 is 24.2 Å². The van der Waals surface area contributed by atoms with Crippen molar-refractivity contribution in [3.63, 3.8) is 0 Å². The van der Waals surface area contributed by atoms with E-state index in [1.54, 1.807) is 0 Å². The number of aliphatic hydroxyl groups is 1. The van der Waals surface area contributed by atoms with Gasteiger partial charge in [0.05, 0.1) is 6.61 Å². The van der Waals surface area contributed by atoms with Gasteiger partial charge < -0.3 is 14.6 Å². The van der Waals surface area contributed by atoms with Crippen LogP contribution >= 0.6 is 0 Å². The number of esters is 2. The summed E-state index contributed by atoms with van der Waals surface area (Å²) in [6.07, 6.45) is 95.4. The van der Waals surface area contributed by atoms with Crippen LogP contribution < -0.4 is 0 Å². The van der Waals surface area contributed by atoms with E-state index in [4.69, 9.17) is 9.47 Å². The third-order valence-electron chi connectivity index (χ3n) is 12.6. The van der Waals surface area contributed by atoms with Gasteiger partial charge in [0.25, 0.3) is 0 Å². The second kappa shape index (κ2) is 63.1. The Bertz CT molecular complexity index is 1580. The molecule has 0 aromatic rings. The Labute approximate surface area is 457 Å². The number of allylic oxidation sites excluding steroid dienone is 24. The number of rotatable bonds is 54. The normalized spacial score (nSPS) is 13.3. The molecule has 0 amide bonds. The first-order chi connectivity index (χ1) is 36.6. The van der Waals surface area contributed by atoms with Crippen LogP contribution in [-0.2, 0) is 19.1 Å². The molecule has 0 spiro atoms. The summed E-state index contributed by atoms with van der Waals surface area (Å²) in [5.74, 6) is -0.605. The Hall–Kier alpha value is -4.22. The number of carbonyl (C=O) groups is 2. The minimum absolute atomic E-state index is 0.0771. The van der Waals surface area contributed by atoms with Gasteiger partial charge in [-0.3, -0.25) is 9.59 Å². The molecule has 0 aliphatic heterocycles. The summed E-state index contributed by atoms with van der Waals surface area (Å²) in [4.78, 5) is 24.6.